The normalized spacial score (nSPS) is 13.2. The first-order chi connectivity index (χ1) is 10.1. The molecular formula is C13H14ClN3O4. The highest BCUT2D eigenvalue weighted by Gasteiger charge is 2.26. The molecule has 1 fully saturated rings. The van der Waals surface area contributed by atoms with Gasteiger partial charge < -0.3 is 10.1 Å². The summed E-state index contributed by atoms with van der Waals surface area (Å²) in [5, 5.41) is 2.86. The Labute approximate surface area is 126 Å². The zero-order valence-corrected chi connectivity index (χ0v) is 11.8. The van der Waals surface area contributed by atoms with Crippen LogP contribution in [0, 0.1) is 0 Å². The molecule has 3 amide bonds. The Morgan fingerprint density at radius 3 is 2.52 bits per heavy atom. The minimum atomic E-state index is -0.923. The second kappa shape index (κ2) is 6.94. The van der Waals surface area contributed by atoms with Gasteiger partial charge in [0.2, 0.25) is 0 Å². The Hall–Kier alpha value is -2.28. The van der Waals surface area contributed by atoms with Crippen molar-refractivity contribution in [3.05, 3.63) is 29.3 Å². The van der Waals surface area contributed by atoms with Crippen LogP contribution < -0.4 is 20.9 Å². The molecule has 7 nitrogen and oxygen atoms in total. The molecular weight excluding hydrogens is 298 g/mol. The van der Waals surface area contributed by atoms with Crippen LogP contribution in [0.4, 0.5) is 0 Å². The van der Waals surface area contributed by atoms with Crippen molar-refractivity contribution in [3.8, 4) is 5.75 Å². The van der Waals surface area contributed by atoms with Crippen LogP contribution in [-0.4, -0.2) is 30.4 Å². The van der Waals surface area contributed by atoms with E-state index in [4.69, 9.17) is 16.3 Å². The molecule has 0 saturated heterocycles. The Kier molecular flexibility index (Phi) is 4.99. The maximum absolute atomic E-state index is 11.5. The average molecular weight is 312 g/mol. The molecule has 0 unspecified atom stereocenters. The van der Waals surface area contributed by atoms with Gasteiger partial charge >= 0.3 is 11.8 Å². The number of ether oxygens (including phenoxy) is 1. The van der Waals surface area contributed by atoms with E-state index in [0.717, 1.165) is 12.8 Å². The van der Waals surface area contributed by atoms with Crippen molar-refractivity contribution < 1.29 is 19.1 Å². The van der Waals surface area contributed by atoms with Crippen LogP contribution in [0.1, 0.15) is 12.8 Å². The van der Waals surface area contributed by atoms with E-state index in [1.807, 2.05) is 5.43 Å². The molecule has 3 N–H and O–H groups in total. The van der Waals surface area contributed by atoms with E-state index < -0.39 is 17.7 Å². The molecule has 2 rings (SSSR count). The monoisotopic (exact) mass is 311 g/mol. The van der Waals surface area contributed by atoms with E-state index in [2.05, 4.69) is 10.7 Å². The highest BCUT2D eigenvalue weighted by atomic mass is 35.5. The molecule has 0 bridgehead atoms. The van der Waals surface area contributed by atoms with Gasteiger partial charge in [-0.2, -0.15) is 0 Å². The quantitative estimate of drug-likeness (QED) is 0.544. The van der Waals surface area contributed by atoms with Crippen molar-refractivity contribution in [3.63, 3.8) is 0 Å². The van der Waals surface area contributed by atoms with E-state index in [1.165, 1.54) is 0 Å². The standard InChI is InChI=1S/C13H14ClN3O4/c14-9-3-1-2-4-10(9)21-7-11(18)16-17-13(20)12(19)15-8-5-6-8/h1-4,8H,5-7H2,(H,15,19)(H,16,18)(H,17,20). The number of benzene rings is 1. The number of halogens is 1. The lowest BCUT2D eigenvalue weighted by Crippen LogP contribution is -2.50. The van der Waals surface area contributed by atoms with Crippen LogP contribution in [0.5, 0.6) is 5.75 Å². The number of amides is 3. The summed E-state index contributed by atoms with van der Waals surface area (Å²) in [5.74, 6) is -1.95. The summed E-state index contributed by atoms with van der Waals surface area (Å²) in [4.78, 5) is 34.1. The first-order valence-corrected chi connectivity index (χ1v) is 6.71. The average Bonchev–Trinajstić information content (AvgIpc) is 3.27. The largest absolute Gasteiger partial charge is 0.482 e. The summed E-state index contributed by atoms with van der Waals surface area (Å²) in [6.45, 7) is -0.339. The third kappa shape index (κ3) is 4.96. The van der Waals surface area contributed by atoms with E-state index in [-0.39, 0.29) is 12.6 Å². The molecule has 1 aromatic carbocycles. The van der Waals surface area contributed by atoms with Gasteiger partial charge in [0.25, 0.3) is 5.91 Å². The van der Waals surface area contributed by atoms with Crippen LogP contribution >= 0.6 is 11.6 Å². The SMILES string of the molecule is O=C(COc1ccccc1Cl)NNC(=O)C(=O)NC1CC1. The van der Waals surface area contributed by atoms with Gasteiger partial charge in [-0.3, -0.25) is 25.2 Å². The minimum absolute atomic E-state index is 0.0718. The van der Waals surface area contributed by atoms with Crippen LogP contribution in [0.25, 0.3) is 0 Å². The molecule has 0 heterocycles. The second-order valence-electron chi connectivity index (χ2n) is 4.47. The number of hydrogen-bond acceptors (Lipinski definition) is 4. The van der Waals surface area contributed by atoms with Gasteiger partial charge in [-0.1, -0.05) is 23.7 Å². The highest BCUT2D eigenvalue weighted by Crippen LogP contribution is 2.22. The zero-order chi connectivity index (χ0) is 15.2. The second-order valence-corrected chi connectivity index (χ2v) is 4.88. The number of rotatable bonds is 4. The van der Waals surface area contributed by atoms with Crippen molar-refractivity contribution in [2.75, 3.05) is 6.61 Å². The van der Waals surface area contributed by atoms with Gasteiger partial charge in [-0.05, 0) is 25.0 Å². The number of carbonyl (C=O) groups is 3. The lowest BCUT2D eigenvalue weighted by molar-refractivity contribution is -0.141. The van der Waals surface area contributed by atoms with Gasteiger partial charge in [-0.15, -0.1) is 0 Å². The first-order valence-electron chi connectivity index (χ1n) is 6.33. The highest BCUT2D eigenvalue weighted by molar-refractivity contribution is 6.35. The number of hydrogen-bond donors (Lipinski definition) is 3. The van der Waals surface area contributed by atoms with E-state index in [1.54, 1.807) is 24.3 Å². The predicted octanol–water partition coefficient (Wildman–Crippen LogP) is 0.145. The van der Waals surface area contributed by atoms with Crippen LogP contribution in [-0.2, 0) is 14.4 Å². The molecule has 0 spiro atoms. The van der Waals surface area contributed by atoms with E-state index in [0.29, 0.717) is 10.8 Å². The summed E-state index contributed by atoms with van der Waals surface area (Å²) in [5.41, 5.74) is 4.08. The molecule has 1 aliphatic carbocycles. The summed E-state index contributed by atoms with van der Waals surface area (Å²) in [6, 6.07) is 6.75. The molecule has 1 saturated carbocycles. The summed E-state index contributed by atoms with van der Waals surface area (Å²) < 4.78 is 5.17. The predicted molar refractivity (Wildman–Crippen MR) is 74.4 cm³/mol. The molecule has 0 aromatic heterocycles. The maximum Gasteiger partial charge on any atom is 0.327 e. The molecule has 8 heteroatoms. The molecule has 21 heavy (non-hydrogen) atoms. The molecule has 1 aromatic rings. The number of nitrogens with one attached hydrogen (secondary N) is 3. The van der Waals surface area contributed by atoms with Crippen LogP contribution in [0.15, 0.2) is 24.3 Å². The summed E-state index contributed by atoms with van der Waals surface area (Å²) >= 11 is 5.85. The van der Waals surface area contributed by atoms with Crippen molar-refractivity contribution in [2.45, 2.75) is 18.9 Å². The number of carbonyl (C=O) groups excluding carboxylic acids is 3. The fraction of sp³-hybridized carbons (Fsp3) is 0.308. The Bertz CT molecular complexity index is 560. The molecule has 1 aliphatic rings. The molecule has 0 radical (unpaired) electrons. The smallest absolute Gasteiger partial charge is 0.327 e. The van der Waals surface area contributed by atoms with E-state index in [9.17, 15) is 14.4 Å². The fourth-order valence-electron chi connectivity index (χ4n) is 1.40. The van der Waals surface area contributed by atoms with Crippen molar-refractivity contribution in [1.82, 2.24) is 16.2 Å². The Morgan fingerprint density at radius 1 is 1.14 bits per heavy atom. The number of hydrazine groups is 1. The van der Waals surface area contributed by atoms with Gasteiger partial charge in [-0.25, -0.2) is 0 Å². The zero-order valence-electron chi connectivity index (χ0n) is 11.0. The number of para-hydroxylation sites is 1. The third-order valence-corrected chi connectivity index (χ3v) is 2.94. The Balaban J connectivity index is 1.68. The molecule has 0 aliphatic heterocycles. The van der Waals surface area contributed by atoms with Crippen molar-refractivity contribution in [2.24, 2.45) is 0 Å². The van der Waals surface area contributed by atoms with Crippen molar-refractivity contribution >= 4 is 29.3 Å². The van der Waals surface area contributed by atoms with Gasteiger partial charge in [0.1, 0.15) is 5.75 Å². The van der Waals surface area contributed by atoms with Gasteiger partial charge in [0, 0.05) is 6.04 Å². The van der Waals surface area contributed by atoms with E-state index >= 15 is 0 Å². The molecule has 0 atom stereocenters. The fourth-order valence-corrected chi connectivity index (χ4v) is 1.59. The lowest BCUT2D eigenvalue weighted by atomic mass is 10.3. The minimum Gasteiger partial charge on any atom is -0.482 e. The van der Waals surface area contributed by atoms with Gasteiger partial charge in [0.05, 0.1) is 5.02 Å². The van der Waals surface area contributed by atoms with Crippen molar-refractivity contribution in [1.29, 1.82) is 0 Å². The molecule has 112 valence electrons. The topological polar surface area (TPSA) is 96.5 Å². The third-order valence-electron chi connectivity index (χ3n) is 2.63. The maximum atomic E-state index is 11.5. The van der Waals surface area contributed by atoms with Gasteiger partial charge in [0.15, 0.2) is 6.61 Å². The summed E-state index contributed by atoms with van der Waals surface area (Å²) in [6.07, 6.45) is 1.74. The lowest BCUT2D eigenvalue weighted by Gasteiger charge is -2.09. The first kappa shape index (κ1) is 15.1. The summed E-state index contributed by atoms with van der Waals surface area (Å²) in [7, 11) is 0. The van der Waals surface area contributed by atoms with Crippen LogP contribution in [0.2, 0.25) is 5.02 Å². The Morgan fingerprint density at radius 2 is 1.86 bits per heavy atom. The van der Waals surface area contributed by atoms with Crippen LogP contribution in [0.3, 0.4) is 0 Å².